The van der Waals surface area contributed by atoms with Crippen LogP contribution in [0.25, 0.3) is 0 Å². The maximum Gasteiger partial charge on any atom is 2.00 e. The Kier molecular flexibility index (Phi) is 17.6. The summed E-state index contributed by atoms with van der Waals surface area (Å²) in [5, 5.41) is 0. The van der Waals surface area contributed by atoms with Gasteiger partial charge in [0.05, 0.1) is 0 Å². The van der Waals surface area contributed by atoms with Gasteiger partial charge in [0.15, 0.2) is 0 Å². The van der Waals surface area contributed by atoms with Gasteiger partial charge in [-0.25, -0.2) is 0 Å². The number of rotatable bonds is 1. The van der Waals surface area contributed by atoms with Gasteiger partial charge in [0.2, 0.25) is 0 Å². The van der Waals surface area contributed by atoms with Crippen molar-refractivity contribution in [1.82, 2.24) is 0 Å². The third-order valence-electron chi connectivity index (χ3n) is 0.189. The molecule has 0 amide bonds. The minimum atomic E-state index is 0. The number of halogens is 1. The summed E-state index contributed by atoms with van der Waals surface area (Å²) in [6.45, 7) is 2.17. The molecule has 0 saturated heterocycles. The van der Waals surface area contributed by atoms with E-state index in [4.69, 9.17) is 0 Å². The summed E-state index contributed by atoms with van der Waals surface area (Å²) in [6.07, 6.45) is 1.31. The van der Waals surface area contributed by atoms with Gasteiger partial charge in [0.1, 0.15) is 0 Å². The van der Waals surface area contributed by atoms with E-state index in [1.54, 1.807) is 0 Å². The Hall–Kier alpha value is 1.50. The van der Waals surface area contributed by atoms with E-state index >= 15 is 0 Å². The van der Waals surface area contributed by atoms with Crippen LogP contribution in [0.2, 0.25) is 0 Å². The minimum Gasteiger partial charge on any atom is -1.00 e. The number of hydrogen-bond donors (Lipinski definition) is 0. The molecule has 30 valence electrons. The van der Waals surface area contributed by atoms with Gasteiger partial charge >= 0.3 is 23.1 Å². The van der Waals surface area contributed by atoms with Crippen LogP contribution in [0.3, 0.4) is 0 Å². The van der Waals surface area contributed by atoms with E-state index in [-0.39, 0.29) is 25.9 Å². The number of hydrogen-bond acceptors (Lipinski definition) is 0. The summed E-state index contributed by atoms with van der Waals surface area (Å²) in [5.41, 5.74) is 0. The maximum absolute atomic E-state index is 2.35. The molecule has 0 nitrogen and oxygen atoms in total. The first kappa shape index (κ1) is 9.71. The largest absolute Gasteiger partial charge is 2.00 e. The summed E-state index contributed by atoms with van der Waals surface area (Å²) in [7, 11) is 0. The average molecular weight is 196 g/mol. The molecule has 0 radical (unpaired) electrons. The van der Waals surface area contributed by atoms with Crippen LogP contribution < -0.4 is 0 Å². The molecule has 0 fully saturated rings. The summed E-state index contributed by atoms with van der Waals surface area (Å²) in [4.78, 5) is 0. The topological polar surface area (TPSA) is 0 Å². The molecule has 0 heterocycles. The van der Waals surface area contributed by atoms with Gasteiger partial charge in [-0.15, -0.1) is 0 Å². The van der Waals surface area contributed by atoms with E-state index in [2.05, 4.69) is 29.5 Å². The molecule has 0 atom stereocenters. The van der Waals surface area contributed by atoms with Crippen molar-refractivity contribution in [1.29, 1.82) is 0 Å². The molecule has 0 unspecified atom stereocenters. The third kappa shape index (κ3) is 10.8. The summed E-state index contributed by atoms with van der Waals surface area (Å²) in [5.74, 6) is 0. The molecular weight excluding hydrogens is 187 g/mol. The van der Waals surface area contributed by atoms with Crippen molar-refractivity contribution in [2.24, 2.45) is 0 Å². The van der Waals surface area contributed by atoms with Gasteiger partial charge in [-0.1, -0.05) is 29.5 Å². The Balaban J connectivity index is -0.0000000150. The second-order valence-electron chi connectivity index (χ2n) is 0.689. The van der Waals surface area contributed by atoms with Crippen LogP contribution >= 0.6 is 22.6 Å². The van der Waals surface area contributed by atoms with E-state index in [0.29, 0.717) is 0 Å². The second kappa shape index (κ2) is 9.09. The van der Waals surface area contributed by atoms with Crippen LogP contribution in [0.5, 0.6) is 0 Å². The van der Waals surface area contributed by atoms with E-state index in [0.717, 1.165) is 0 Å². The molecule has 0 aliphatic carbocycles. The standard InChI is InChI=1S/C3H7I.Mg.2H/c1-2-3-4;;;/h2-3H2,1H3;;;/q;+2;2*-1. The van der Waals surface area contributed by atoms with E-state index in [1.807, 2.05) is 0 Å². The van der Waals surface area contributed by atoms with Crippen LogP contribution in [-0.2, 0) is 0 Å². The van der Waals surface area contributed by atoms with Crippen molar-refractivity contribution < 1.29 is 2.85 Å². The predicted molar refractivity (Wildman–Crippen MR) is 37.2 cm³/mol. The molecule has 0 aromatic rings. The molecular formula is C3H9IMg. The molecule has 0 rings (SSSR count). The fraction of sp³-hybridized carbons (Fsp3) is 1.00. The summed E-state index contributed by atoms with van der Waals surface area (Å²) < 4.78 is 1.29. The molecule has 0 saturated carbocycles. The van der Waals surface area contributed by atoms with E-state index < -0.39 is 0 Å². The first-order valence-electron chi connectivity index (χ1n) is 1.47. The zero-order chi connectivity index (χ0) is 3.41. The van der Waals surface area contributed by atoms with E-state index in [1.165, 1.54) is 10.8 Å². The first-order valence-corrected chi connectivity index (χ1v) is 3.00. The SMILES string of the molecule is CCCI.[H-].[H-].[Mg+2]. The van der Waals surface area contributed by atoms with Gasteiger partial charge in [0, 0.05) is 0 Å². The van der Waals surface area contributed by atoms with E-state index in [9.17, 15) is 0 Å². The minimum absolute atomic E-state index is 0. The average Bonchev–Trinajstić information content (AvgIpc) is 1.37. The fourth-order valence-corrected chi connectivity index (χ4v) is 0. The van der Waals surface area contributed by atoms with Crippen molar-refractivity contribution in [3.8, 4) is 0 Å². The Morgan fingerprint density at radius 1 is 1.80 bits per heavy atom. The van der Waals surface area contributed by atoms with Gasteiger partial charge in [-0.3, -0.25) is 0 Å². The monoisotopic (exact) mass is 196 g/mol. The van der Waals surface area contributed by atoms with Crippen LogP contribution in [0.4, 0.5) is 0 Å². The molecule has 0 aliphatic heterocycles. The smallest absolute Gasteiger partial charge is 1.00 e. The fourth-order valence-electron chi connectivity index (χ4n) is 0. The summed E-state index contributed by atoms with van der Waals surface area (Å²) >= 11 is 2.35. The van der Waals surface area contributed by atoms with Gasteiger partial charge in [0.25, 0.3) is 0 Å². The van der Waals surface area contributed by atoms with Gasteiger partial charge in [-0.2, -0.15) is 0 Å². The van der Waals surface area contributed by atoms with Crippen molar-refractivity contribution in [2.45, 2.75) is 13.3 Å². The van der Waals surface area contributed by atoms with Crippen LogP contribution in [-0.4, -0.2) is 27.5 Å². The third-order valence-corrected chi connectivity index (χ3v) is 1.27. The molecule has 5 heavy (non-hydrogen) atoms. The molecule has 0 aromatic carbocycles. The van der Waals surface area contributed by atoms with Crippen LogP contribution in [0.15, 0.2) is 0 Å². The van der Waals surface area contributed by atoms with Gasteiger partial charge in [-0.05, 0) is 10.8 Å². The summed E-state index contributed by atoms with van der Waals surface area (Å²) in [6, 6.07) is 0. The van der Waals surface area contributed by atoms with Crippen molar-refractivity contribution in [3.05, 3.63) is 0 Å². The zero-order valence-electron chi connectivity index (χ0n) is 5.50. The quantitative estimate of drug-likeness (QED) is 0.340. The first-order chi connectivity index (χ1) is 1.91. The van der Waals surface area contributed by atoms with Crippen LogP contribution in [0, 0.1) is 0 Å². The number of alkyl halides is 1. The Labute approximate surface area is 66.0 Å². The maximum atomic E-state index is 2.35. The Morgan fingerprint density at radius 2 is 2.00 bits per heavy atom. The Morgan fingerprint density at radius 3 is 2.00 bits per heavy atom. The second-order valence-corrected chi connectivity index (χ2v) is 1.77. The molecule has 2 heteroatoms. The van der Waals surface area contributed by atoms with Gasteiger partial charge < -0.3 is 2.85 Å². The molecule has 0 spiro atoms. The molecule has 0 aliphatic rings. The van der Waals surface area contributed by atoms with Crippen molar-refractivity contribution >= 4 is 45.6 Å². The normalized spacial score (nSPS) is 6.00. The Bertz CT molecular complexity index is 14.9. The molecule has 0 aromatic heterocycles. The van der Waals surface area contributed by atoms with Crippen LogP contribution in [0.1, 0.15) is 16.2 Å². The molecule has 0 bridgehead atoms. The van der Waals surface area contributed by atoms with Crippen molar-refractivity contribution in [3.63, 3.8) is 0 Å². The molecule has 0 N–H and O–H groups in total. The predicted octanol–water partition coefficient (Wildman–Crippen LogP) is 1.68. The van der Waals surface area contributed by atoms with Crippen molar-refractivity contribution in [2.75, 3.05) is 4.43 Å². The zero-order valence-corrected chi connectivity index (χ0v) is 7.07.